The topological polar surface area (TPSA) is 67.5 Å². The highest BCUT2D eigenvalue weighted by Gasteiger charge is 2.48. The number of carbonyl (C=O) groups excluding carboxylic acids is 2. The predicted octanol–water partition coefficient (Wildman–Crippen LogP) is 5.31. The normalized spacial score (nSPS) is 20.9. The van der Waals surface area contributed by atoms with Crippen LogP contribution in [0.3, 0.4) is 0 Å². The largest absolute Gasteiger partial charge is 0.463 e. The Kier molecular flexibility index (Phi) is 6.26. The van der Waals surface area contributed by atoms with Crippen molar-refractivity contribution in [2.45, 2.75) is 63.6 Å². The summed E-state index contributed by atoms with van der Waals surface area (Å²) >= 11 is 6.04. The highest BCUT2D eigenvalue weighted by molar-refractivity contribution is 6.30. The molecule has 1 N–H and O–H groups in total. The fourth-order valence-electron chi connectivity index (χ4n) is 5.24. The van der Waals surface area contributed by atoms with Crippen LogP contribution in [-0.4, -0.2) is 39.4 Å². The van der Waals surface area contributed by atoms with Gasteiger partial charge in [-0.2, -0.15) is 0 Å². The van der Waals surface area contributed by atoms with Crippen molar-refractivity contribution in [2.24, 2.45) is 0 Å². The van der Waals surface area contributed by atoms with Gasteiger partial charge in [-0.3, -0.25) is 9.59 Å². The van der Waals surface area contributed by atoms with Crippen molar-refractivity contribution in [2.75, 3.05) is 6.54 Å². The zero-order valence-corrected chi connectivity index (χ0v) is 20.2. The number of rotatable bonds is 6. The van der Waals surface area contributed by atoms with Crippen LogP contribution in [0.1, 0.15) is 55.1 Å². The molecule has 0 spiro atoms. The van der Waals surface area contributed by atoms with E-state index in [1.54, 1.807) is 11.2 Å². The lowest BCUT2D eigenvalue weighted by Gasteiger charge is -2.45. The molecule has 0 bridgehead atoms. The summed E-state index contributed by atoms with van der Waals surface area (Å²) in [6, 6.07) is 15.2. The highest BCUT2D eigenvalue weighted by atomic mass is 35.5. The Bertz CT molecular complexity index is 1160. The van der Waals surface area contributed by atoms with Crippen molar-refractivity contribution >= 4 is 23.4 Å². The lowest BCUT2D eigenvalue weighted by molar-refractivity contribution is -0.133. The van der Waals surface area contributed by atoms with E-state index in [4.69, 9.17) is 16.0 Å². The van der Waals surface area contributed by atoms with Crippen molar-refractivity contribution in [3.8, 4) is 11.5 Å². The zero-order chi connectivity index (χ0) is 23.7. The highest BCUT2D eigenvalue weighted by Crippen LogP contribution is 2.34. The molecule has 1 fully saturated rings. The third kappa shape index (κ3) is 4.27. The standard InChI is InChI=1S/C27H30ClN3O3/c1-27(26(33)29-21-6-3-2-4-7-21)18-30-22(24-8-5-17-34-24)13-14-23(30)25(32)31(27)16-15-19-9-11-20(28)12-10-19/h5,8-14,17,21H,2-4,6-7,15-16,18H2,1H3,(H,29,33)/t27-/m0/s1. The average Bonchev–Trinajstić information content (AvgIpc) is 3.50. The maximum absolute atomic E-state index is 13.8. The fourth-order valence-corrected chi connectivity index (χ4v) is 5.37. The molecule has 1 aliphatic carbocycles. The van der Waals surface area contributed by atoms with Gasteiger partial charge in [-0.25, -0.2) is 0 Å². The number of aromatic nitrogens is 1. The van der Waals surface area contributed by atoms with Crippen molar-refractivity contribution in [3.63, 3.8) is 0 Å². The van der Waals surface area contributed by atoms with Gasteiger partial charge in [0.1, 0.15) is 17.0 Å². The summed E-state index contributed by atoms with van der Waals surface area (Å²) in [5, 5.41) is 3.95. The molecule has 0 saturated heterocycles. The maximum Gasteiger partial charge on any atom is 0.271 e. The number of halogens is 1. The van der Waals surface area contributed by atoms with E-state index in [0.717, 1.165) is 36.9 Å². The SMILES string of the molecule is C[C@@]1(C(=O)NC2CCCCC2)Cn2c(ccc2-c2ccco2)C(=O)N1CCc1ccc(Cl)cc1. The van der Waals surface area contributed by atoms with E-state index >= 15 is 0 Å². The van der Waals surface area contributed by atoms with E-state index in [0.29, 0.717) is 36.0 Å². The molecule has 3 heterocycles. The van der Waals surface area contributed by atoms with Gasteiger partial charge in [-0.1, -0.05) is 43.0 Å². The molecule has 7 heteroatoms. The molecule has 1 aromatic carbocycles. The summed E-state index contributed by atoms with van der Waals surface area (Å²) in [6.45, 7) is 2.70. The molecule has 178 valence electrons. The van der Waals surface area contributed by atoms with Gasteiger partial charge in [0.15, 0.2) is 0 Å². The van der Waals surface area contributed by atoms with Gasteiger partial charge in [-0.15, -0.1) is 0 Å². The van der Waals surface area contributed by atoms with Crippen LogP contribution in [0.25, 0.3) is 11.5 Å². The van der Waals surface area contributed by atoms with E-state index in [1.165, 1.54) is 6.42 Å². The van der Waals surface area contributed by atoms with Crippen molar-refractivity contribution in [1.82, 2.24) is 14.8 Å². The first-order valence-corrected chi connectivity index (χ1v) is 12.4. The summed E-state index contributed by atoms with van der Waals surface area (Å²) in [6.07, 6.45) is 7.72. The molecular formula is C27H30ClN3O3. The number of hydrogen-bond acceptors (Lipinski definition) is 3. The van der Waals surface area contributed by atoms with Crippen LogP contribution < -0.4 is 5.32 Å². The van der Waals surface area contributed by atoms with E-state index in [-0.39, 0.29) is 17.9 Å². The zero-order valence-electron chi connectivity index (χ0n) is 19.4. The number of hydrogen-bond donors (Lipinski definition) is 1. The Morgan fingerprint density at radius 3 is 2.53 bits per heavy atom. The summed E-state index contributed by atoms with van der Waals surface area (Å²) in [4.78, 5) is 29.3. The monoisotopic (exact) mass is 479 g/mol. The molecule has 34 heavy (non-hydrogen) atoms. The quantitative estimate of drug-likeness (QED) is 0.521. The summed E-state index contributed by atoms with van der Waals surface area (Å²) < 4.78 is 7.55. The Hall–Kier alpha value is -2.99. The predicted molar refractivity (Wildman–Crippen MR) is 132 cm³/mol. The molecule has 6 nitrogen and oxygen atoms in total. The molecule has 2 aliphatic rings. The lowest BCUT2D eigenvalue weighted by Crippen LogP contribution is -2.65. The first-order chi connectivity index (χ1) is 16.5. The number of fused-ring (bicyclic) bond motifs is 1. The number of amides is 2. The molecule has 0 unspecified atom stereocenters. The smallest absolute Gasteiger partial charge is 0.271 e. The van der Waals surface area contributed by atoms with E-state index < -0.39 is 5.54 Å². The maximum atomic E-state index is 13.8. The number of carbonyl (C=O) groups is 2. The molecule has 1 atom stereocenters. The van der Waals surface area contributed by atoms with Gasteiger partial charge >= 0.3 is 0 Å². The van der Waals surface area contributed by atoms with Crippen LogP contribution in [0.2, 0.25) is 5.02 Å². The van der Waals surface area contributed by atoms with Gasteiger partial charge in [0, 0.05) is 17.6 Å². The Balaban J connectivity index is 1.47. The van der Waals surface area contributed by atoms with Gasteiger partial charge in [0.2, 0.25) is 5.91 Å². The van der Waals surface area contributed by atoms with E-state index in [1.807, 2.05) is 60.0 Å². The molecule has 2 amide bonds. The fraction of sp³-hybridized carbons (Fsp3) is 0.407. The number of benzene rings is 1. The average molecular weight is 480 g/mol. The summed E-state index contributed by atoms with van der Waals surface area (Å²) in [5.41, 5.74) is 1.44. The van der Waals surface area contributed by atoms with Crippen LogP contribution in [0.4, 0.5) is 0 Å². The molecule has 1 saturated carbocycles. The van der Waals surface area contributed by atoms with Crippen molar-refractivity contribution in [1.29, 1.82) is 0 Å². The number of nitrogens with one attached hydrogen (secondary N) is 1. The van der Waals surface area contributed by atoms with Gasteiger partial charge in [-0.05, 0) is 68.1 Å². The van der Waals surface area contributed by atoms with Crippen LogP contribution >= 0.6 is 11.6 Å². The molecular weight excluding hydrogens is 450 g/mol. The summed E-state index contributed by atoms with van der Waals surface area (Å²) in [5.74, 6) is 0.455. The Labute approximate surface area is 204 Å². The molecule has 0 radical (unpaired) electrons. The van der Waals surface area contributed by atoms with Crippen LogP contribution in [0.15, 0.2) is 59.2 Å². The molecule has 5 rings (SSSR count). The third-order valence-corrected chi connectivity index (χ3v) is 7.50. The molecule has 3 aromatic rings. The minimum atomic E-state index is -1.02. The second-order valence-corrected chi connectivity index (χ2v) is 10.0. The second kappa shape index (κ2) is 9.34. The van der Waals surface area contributed by atoms with Crippen LogP contribution in [0, 0.1) is 0 Å². The molecule has 2 aromatic heterocycles. The third-order valence-electron chi connectivity index (χ3n) is 7.25. The second-order valence-electron chi connectivity index (χ2n) is 9.58. The first-order valence-electron chi connectivity index (χ1n) is 12.1. The van der Waals surface area contributed by atoms with Gasteiger partial charge < -0.3 is 19.2 Å². The van der Waals surface area contributed by atoms with Crippen LogP contribution in [0.5, 0.6) is 0 Å². The van der Waals surface area contributed by atoms with Crippen LogP contribution in [-0.2, 0) is 17.8 Å². The molecule has 1 aliphatic heterocycles. The lowest BCUT2D eigenvalue weighted by atomic mass is 9.91. The van der Waals surface area contributed by atoms with E-state index in [2.05, 4.69) is 5.32 Å². The first kappa shape index (κ1) is 22.8. The minimum Gasteiger partial charge on any atom is -0.463 e. The van der Waals surface area contributed by atoms with E-state index in [9.17, 15) is 9.59 Å². The van der Waals surface area contributed by atoms with Gasteiger partial charge in [0.05, 0.1) is 18.5 Å². The summed E-state index contributed by atoms with van der Waals surface area (Å²) in [7, 11) is 0. The van der Waals surface area contributed by atoms with Gasteiger partial charge in [0.25, 0.3) is 5.91 Å². The number of furan rings is 1. The Morgan fingerprint density at radius 1 is 1.09 bits per heavy atom. The minimum absolute atomic E-state index is 0.0893. The Morgan fingerprint density at radius 2 is 1.82 bits per heavy atom. The van der Waals surface area contributed by atoms with Crippen molar-refractivity contribution in [3.05, 3.63) is 71.1 Å². The number of nitrogens with zero attached hydrogens (tertiary/aromatic N) is 2. The van der Waals surface area contributed by atoms with Crippen molar-refractivity contribution < 1.29 is 14.0 Å².